The van der Waals surface area contributed by atoms with E-state index in [1.807, 2.05) is 55.4 Å². The number of hydrogen-bond acceptors (Lipinski definition) is 5. The van der Waals surface area contributed by atoms with Crippen molar-refractivity contribution >= 4 is 18.1 Å². The van der Waals surface area contributed by atoms with E-state index in [0.29, 0.717) is 12.1 Å². The molecule has 0 unspecified atom stereocenters. The first-order chi connectivity index (χ1) is 13.0. The first kappa shape index (κ1) is 21.3. The summed E-state index contributed by atoms with van der Waals surface area (Å²) in [7, 11) is 3.94. The van der Waals surface area contributed by atoms with E-state index in [0.717, 1.165) is 21.6 Å². The minimum absolute atomic E-state index is 0. The van der Waals surface area contributed by atoms with E-state index in [9.17, 15) is 9.18 Å². The molecule has 0 spiro atoms. The van der Waals surface area contributed by atoms with Gasteiger partial charge in [-0.25, -0.2) is 23.4 Å². The molecule has 0 saturated heterocycles. The summed E-state index contributed by atoms with van der Waals surface area (Å²) in [5, 5.41) is 4.02. The van der Waals surface area contributed by atoms with Crippen LogP contribution < -0.4 is 16.3 Å². The van der Waals surface area contributed by atoms with Crippen molar-refractivity contribution in [1.29, 1.82) is 0 Å². The van der Waals surface area contributed by atoms with E-state index in [1.165, 1.54) is 10.9 Å². The number of nitrogens with two attached hydrogens (primary N) is 1. The van der Waals surface area contributed by atoms with Gasteiger partial charge in [-0.1, -0.05) is 18.2 Å². The lowest BCUT2D eigenvalue weighted by Crippen LogP contribution is -2.26. The summed E-state index contributed by atoms with van der Waals surface area (Å²) in [6.07, 6.45) is 1.78. The molecule has 3 aromatic rings. The summed E-state index contributed by atoms with van der Waals surface area (Å²) in [4.78, 5) is 19.1. The largest absolute Gasteiger partial charge is 0.378 e. The van der Waals surface area contributed by atoms with Gasteiger partial charge in [0.1, 0.15) is 12.1 Å². The average Bonchev–Trinajstić information content (AvgIpc) is 3.06. The number of anilines is 1. The zero-order valence-corrected chi connectivity index (χ0v) is 16.4. The number of benzene rings is 1. The Morgan fingerprint density at radius 2 is 2.00 bits per heavy atom. The quantitative estimate of drug-likeness (QED) is 0.682. The summed E-state index contributed by atoms with van der Waals surface area (Å²) < 4.78 is 15.2. The van der Waals surface area contributed by atoms with Gasteiger partial charge >= 0.3 is 5.69 Å². The van der Waals surface area contributed by atoms with Crippen molar-refractivity contribution in [2.24, 2.45) is 5.73 Å². The molecule has 148 valence electrons. The van der Waals surface area contributed by atoms with E-state index >= 15 is 0 Å². The SMILES string of the molecule is CN(C)c1cccc(-c2cccc(-n3cnn(C/C(=C/F)CN)c3=O)n2)c1.Cl. The summed E-state index contributed by atoms with van der Waals surface area (Å²) >= 11 is 0. The van der Waals surface area contributed by atoms with Crippen molar-refractivity contribution < 1.29 is 4.39 Å². The van der Waals surface area contributed by atoms with Crippen LogP contribution in [0.2, 0.25) is 0 Å². The van der Waals surface area contributed by atoms with E-state index in [2.05, 4.69) is 10.1 Å². The van der Waals surface area contributed by atoms with Crippen LogP contribution in [0.25, 0.3) is 17.1 Å². The molecule has 28 heavy (non-hydrogen) atoms. The molecule has 0 aliphatic rings. The highest BCUT2D eigenvalue weighted by atomic mass is 35.5. The van der Waals surface area contributed by atoms with Crippen molar-refractivity contribution in [3.05, 3.63) is 71.2 Å². The predicted molar refractivity (Wildman–Crippen MR) is 111 cm³/mol. The number of nitrogens with zero attached hydrogens (tertiary/aromatic N) is 5. The Labute approximate surface area is 168 Å². The zero-order valence-electron chi connectivity index (χ0n) is 15.6. The van der Waals surface area contributed by atoms with Crippen LogP contribution in [0.5, 0.6) is 0 Å². The molecule has 7 nitrogen and oxygen atoms in total. The van der Waals surface area contributed by atoms with Gasteiger partial charge in [-0.05, 0) is 29.8 Å². The maximum Gasteiger partial charge on any atom is 0.351 e. The van der Waals surface area contributed by atoms with Crippen molar-refractivity contribution in [2.75, 3.05) is 25.5 Å². The molecule has 0 aliphatic heterocycles. The van der Waals surface area contributed by atoms with E-state index < -0.39 is 5.69 Å². The second-order valence-electron chi connectivity index (χ2n) is 6.24. The second kappa shape index (κ2) is 9.29. The van der Waals surface area contributed by atoms with E-state index in [-0.39, 0.29) is 31.1 Å². The Bertz CT molecular complexity index is 1030. The predicted octanol–water partition coefficient (Wildman–Crippen LogP) is 2.40. The van der Waals surface area contributed by atoms with Crippen molar-refractivity contribution in [2.45, 2.75) is 6.54 Å². The van der Waals surface area contributed by atoms with Crippen LogP contribution in [0.1, 0.15) is 0 Å². The first-order valence-corrected chi connectivity index (χ1v) is 8.41. The van der Waals surface area contributed by atoms with Crippen LogP contribution in [-0.2, 0) is 6.54 Å². The van der Waals surface area contributed by atoms with Crippen LogP contribution in [0.4, 0.5) is 10.1 Å². The Hall–Kier alpha value is -2.97. The highest BCUT2D eigenvalue weighted by Crippen LogP contribution is 2.23. The van der Waals surface area contributed by atoms with Crippen molar-refractivity contribution in [1.82, 2.24) is 19.3 Å². The van der Waals surface area contributed by atoms with Gasteiger partial charge in [-0.3, -0.25) is 0 Å². The Morgan fingerprint density at radius 3 is 2.68 bits per heavy atom. The van der Waals surface area contributed by atoms with Gasteiger partial charge in [0.15, 0.2) is 0 Å². The van der Waals surface area contributed by atoms with Gasteiger partial charge in [-0.2, -0.15) is 5.10 Å². The van der Waals surface area contributed by atoms with Gasteiger partial charge in [0.25, 0.3) is 0 Å². The lowest BCUT2D eigenvalue weighted by molar-refractivity contribution is 0.612. The Morgan fingerprint density at radius 1 is 1.25 bits per heavy atom. The number of hydrogen-bond donors (Lipinski definition) is 1. The van der Waals surface area contributed by atoms with Gasteiger partial charge in [0, 0.05) is 31.9 Å². The normalized spacial score (nSPS) is 11.2. The summed E-state index contributed by atoms with van der Waals surface area (Å²) in [5.74, 6) is 0.442. The molecule has 3 rings (SSSR count). The van der Waals surface area contributed by atoms with Gasteiger partial charge < -0.3 is 10.6 Å². The summed E-state index contributed by atoms with van der Waals surface area (Å²) in [6.45, 7) is 0.0230. The molecule has 2 aromatic heterocycles. The topological polar surface area (TPSA) is 82.0 Å². The number of aromatic nitrogens is 4. The van der Waals surface area contributed by atoms with Crippen LogP contribution in [0.15, 0.2) is 65.5 Å². The molecule has 9 heteroatoms. The third kappa shape index (κ3) is 4.47. The van der Waals surface area contributed by atoms with Crippen LogP contribution in [0, 0.1) is 0 Å². The number of rotatable bonds is 6. The Kier molecular flexibility index (Phi) is 7.08. The molecule has 0 atom stereocenters. The molecule has 0 bridgehead atoms. The van der Waals surface area contributed by atoms with E-state index in [1.54, 1.807) is 6.07 Å². The molecule has 2 N–H and O–H groups in total. The molecular weight excluding hydrogens is 383 g/mol. The van der Waals surface area contributed by atoms with E-state index in [4.69, 9.17) is 5.73 Å². The standard InChI is InChI=1S/C19H21FN6O.ClH/c1-24(2)16-6-3-5-15(9-16)17-7-4-8-18(23-17)25-13-22-26(19(25)27)12-14(10-20)11-21;/h3-10,13H,11-12,21H2,1-2H3;1H/b14-10+;. The fraction of sp³-hybridized carbons (Fsp3) is 0.211. The van der Waals surface area contributed by atoms with Crippen molar-refractivity contribution in [3.63, 3.8) is 0 Å². The minimum Gasteiger partial charge on any atom is -0.378 e. The zero-order chi connectivity index (χ0) is 19.4. The van der Waals surface area contributed by atoms with Crippen molar-refractivity contribution in [3.8, 4) is 17.1 Å². The minimum atomic E-state index is -0.408. The molecule has 1 aromatic carbocycles. The van der Waals surface area contributed by atoms with Crippen LogP contribution in [0.3, 0.4) is 0 Å². The summed E-state index contributed by atoms with van der Waals surface area (Å²) in [6, 6.07) is 13.4. The molecule has 0 saturated carbocycles. The molecule has 0 aliphatic carbocycles. The first-order valence-electron chi connectivity index (χ1n) is 8.41. The highest BCUT2D eigenvalue weighted by molar-refractivity contribution is 5.85. The molecule has 0 radical (unpaired) electrons. The molecule has 2 heterocycles. The monoisotopic (exact) mass is 404 g/mol. The van der Waals surface area contributed by atoms with Crippen LogP contribution >= 0.6 is 12.4 Å². The fourth-order valence-corrected chi connectivity index (χ4v) is 2.60. The Balaban J connectivity index is 0.00000280. The average molecular weight is 405 g/mol. The highest BCUT2D eigenvalue weighted by Gasteiger charge is 2.11. The number of pyridine rings is 1. The third-order valence-corrected chi connectivity index (χ3v) is 4.14. The van der Waals surface area contributed by atoms with Gasteiger partial charge in [0.2, 0.25) is 0 Å². The maximum atomic E-state index is 12.7. The second-order valence-corrected chi connectivity index (χ2v) is 6.24. The molecule has 0 amide bonds. The summed E-state index contributed by atoms with van der Waals surface area (Å²) in [5.41, 5.74) is 8.05. The lowest BCUT2D eigenvalue weighted by atomic mass is 10.1. The third-order valence-electron chi connectivity index (χ3n) is 4.14. The lowest BCUT2D eigenvalue weighted by Gasteiger charge is -2.13. The number of halogens is 2. The van der Waals surface area contributed by atoms with Gasteiger partial charge in [-0.15, -0.1) is 12.4 Å². The fourth-order valence-electron chi connectivity index (χ4n) is 2.60. The molecular formula is C19H22ClFN6O. The van der Waals surface area contributed by atoms with Gasteiger partial charge in [0.05, 0.1) is 18.6 Å². The maximum absolute atomic E-state index is 12.7. The smallest absolute Gasteiger partial charge is 0.351 e. The van der Waals surface area contributed by atoms with Crippen LogP contribution in [-0.4, -0.2) is 40.0 Å². The molecule has 0 fully saturated rings.